The topological polar surface area (TPSA) is 66.8 Å². The summed E-state index contributed by atoms with van der Waals surface area (Å²) in [4.78, 5) is 24.0. The average molecular weight is 231 g/mol. The van der Waals surface area contributed by atoms with Crippen LogP contribution in [0.4, 0.5) is 0 Å². The van der Waals surface area contributed by atoms with Gasteiger partial charge in [-0.15, -0.1) is 0 Å². The predicted octanol–water partition coefficient (Wildman–Crippen LogP) is 0.982. The van der Waals surface area contributed by atoms with E-state index in [1.165, 1.54) is 0 Å². The van der Waals surface area contributed by atoms with E-state index in [9.17, 15) is 9.59 Å². The number of amides is 1. The molecular formula is C11H21NO4. The first-order valence-corrected chi connectivity index (χ1v) is 5.52. The number of carboxylic acid groups (broad SMARTS) is 1. The summed E-state index contributed by atoms with van der Waals surface area (Å²) in [6.07, 6.45) is 1.22. The van der Waals surface area contributed by atoms with Crippen molar-refractivity contribution in [2.75, 3.05) is 26.8 Å². The maximum atomic E-state index is 11.7. The third-order valence-corrected chi connectivity index (χ3v) is 2.30. The van der Waals surface area contributed by atoms with Gasteiger partial charge < -0.3 is 14.7 Å². The van der Waals surface area contributed by atoms with Gasteiger partial charge in [-0.25, -0.2) is 0 Å². The second kappa shape index (κ2) is 8.10. The Morgan fingerprint density at radius 3 is 2.50 bits per heavy atom. The van der Waals surface area contributed by atoms with Crippen LogP contribution in [0.15, 0.2) is 0 Å². The predicted molar refractivity (Wildman–Crippen MR) is 60.2 cm³/mol. The van der Waals surface area contributed by atoms with Gasteiger partial charge in [-0.2, -0.15) is 0 Å². The SMILES string of the molecule is CCCC(=O)N(CCOC)CC(C)C(=O)O. The highest BCUT2D eigenvalue weighted by molar-refractivity contribution is 5.77. The van der Waals surface area contributed by atoms with E-state index in [4.69, 9.17) is 9.84 Å². The molecule has 5 nitrogen and oxygen atoms in total. The van der Waals surface area contributed by atoms with Crippen LogP contribution >= 0.6 is 0 Å². The summed E-state index contributed by atoms with van der Waals surface area (Å²) in [5.41, 5.74) is 0. The number of ether oxygens (including phenoxy) is 1. The van der Waals surface area contributed by atoms with Crippen LogP contribution in [0.25, 0.3) is 0 Å². The van der Waals surface area contributed by atoms with E-state index < -0.39 is 11.9 Å². The number of hydrogen-bond acceptors (Lipinski definition) is 3. The number of methoxy groups -OCH3 is 1. The van der Waals surface area contributed by atoms with Gasteiger partial charge in [-0.3, -0.25) is 9.59 Å². The standard InChI is InChI=1S/C11H21NO4/c1-4-5-10(13)12(6-7-16-3)8-9(2)11(14)15/h9H,4-8H2,1-3H3,(H,14,15). The van der Waals surface area contributed by atoms with Gasteiger partial charge in [0.1, 0.15) is 0 Å². The summed E-state index contributed by atoms with van der Waals surface area (Å²) < 4.78 is 4.90. The summed E-state index contributed by atoms with van der Waals surface area (Å²) in [6.45, 7) is 4.65. The molecule has 1 atom stereocenters. The van der Waals surface area contributed by atoms with E-state index in [0.717, 1.165) is 6.42 Å². The first-order valence-electron chi connectivity index (χ1n) is 5.52. The minimum Gasteiger partial charge on any atom is -0.481 e. The zero-order valence-corrected chi connectivity index (χ0v) is 10.2. The molecule has 0 spiro atoms. The Morgan fingerprint density at radius 2 is 2.06 bits per heavy atom. The van der Waals surface area contributed by atoms with E-state index in [2.05, 4.69) is 0 Å². The van der Waals surface area contributed by atoms with Crippen molar-refractivity contribution >= 4 is 11.9 Å². The number of carbonyl (C=O) groups is 2. The molecule has 0 aliphatic heterocycles. The molecular weight excluding hydrogens is 210 g/mol. The minimum atomic E-state index is -0.883. The van der Waals surface area contributed by atoms with Crippen LogP contribution in [0.2, 0.25) is 0 Å². The molecule has 0 aromatic heterocycles. The van der Waals surface area contributed by atoms with E-state index in [1.807, 2.05) is 6.92 Å². The van der Waals surface area contributed by atoms with Crippen molar-refractivity contribution in [3.05, 3.63) is 0 Å². The van der Waals surface area contributed by atoms with Crippen molar-refractivity contribution in [3.8, 4) is 0 Å². The maximum Gasteiger partial charge on any atom is 0.308 e. The average Bonchev–Trinajstić information content (AvgIpc) is 2.23. The monoisotopic (exact) mass is 231 g/mol. The van der Waals surface area contributed by atoms with Crippen LogP contribution < -0.4 is 0 Å². The Labute approximate surface area is 96.4 Å². The fourth-order valence-corrected chi connectivity index (χ4v) is 1.30. The maximum absolute atomic E-state index is 11.7. The van der Waals surface area contributed by atoms with Crippen LogP contribution in [0.5, 0.6) is 0 Å². The van der Waals surface area contributed by atoms with E-state index >= 15 is 0 Å². The van der Waals surface area contributed by atoms with Crippen LogP contribution in [0.1, 0.15) is 26.7 Å². The highest BCUT2D eigenvalue weighted by Gasteiger charge is 2.19. The molecule has 0 saturated carbocycles. The summed E-state index contributed by atoms with van der Waals surface area (Å²) in [6, 6.07) is 0. The summed E-state index contributed by atoms with van der Waals surface area (Å²) in [7, 11) is 1.56. The molecule has 0 fully saturated rings. The van der Waals surface area contributed by atoms with E-state index in [1.54, 1.807) is 18.9 Å². The molecule has 0 heterocycles. The van der Waals surface area contributed by atoms with Crippen molar-refractivity contribution in [1.29, 1.82) is 0 Å². The van der Waals surface area contributed by atoms with Crippen molar-refractivity contribution in [1.82, 2.24) is 4.90 Å². The summed E-state index contributed by atoms with van der Waals surface area (Å²) in [5.74, 6) is -1.43. The lowest BCUT2D eigenvalue weighted by Gasteiger charge is -2.24. The van der Waals surface area contributed by atoms with Crippen molar-refractivity contribution < 1.29 is 19.4 Å². The largest absolute Gasteiger partial charge is 0.481 e. The van der Waals surface area contributed by atoms with Gasteiger partial charge >= 0.3 is 5.97 Å². The number of nitrogens with zero attached hydrogens (tertiary/aromatic N) is 1. The third kappa shape index (κ3) is 5.70. The van der Waals surface area contributed by atoms with E-state index in [0.29, 0.717) is 19.6 Å². The molecule has 1 unspecified atom stereocenters. The minimum absolute atomic E-state index is 0.00681. The van der Waals surface area contributed by atoms with Gasteiger partial charge in [0, 0.05) is 26.6 Å². The van der Waals surface area contributed by atoms with Crippen LogP contribution in [0, 0.1) is 5.92 Å². The molecule has 16 heavy (non-hydrogen) atoms. The molecule has 5 heteroatoms. The zero-order chi connectivity index (χ0) is 12.6. The lowest BCUT2D eigenvalue weighted by molar-refractivity contribution is -0.143. The first kappa shape index (κ1) is 14.9. The Morgan fingerprint density at radius 1 is 1.44 bits per heavy atom. The molecule has 0 aliphatic rings. The van der Waals surface area contributed by atoms with Crippen molar-refractivity contribution in [2.24, 2.45) is 5.92 Å². The number of carbonyl (C=O) groups excluding carboxylic acids is 1. The highest BCUT2D eigenvalue weighted by Crippen LogP contribution is 2.04. The zero-order valence-electron chi connectivity index (χ0n) is 10.2. The lowest BCUT2D eigenvalue weighted by atomic mass is 10.1. The number of rotatable bonds is 8. The van der Waals surface area contributed by atoms with Gasteiger partial charge in [0.05, 0.1) is 12.5 Å². The van der Waals surface area contributed by atoms with Gasteiger partial charge in [0.25, 0.3) is 0 Å². The fourth-order valence-electron chi connectivity index (χ4n) is 1.30. The van der Waals surface area contributed by atoms with Gasteiger partial charge in [0.2, 0.25) is 5.91 Å². The van der Waals surface area contributed by atoms with Gasteiger partial charge in [-0.1, -0.05) is 13.8 Å². The van der Waals surface area contributed by atoms with Crippen molar-refractivity contribution in [2.45, 2.75) is 26.7 Å². The molecule has 0 aromatic carbocycles. The fraction of sp³-hybridized carbons (Fsp3) is 0.818. The van der Waals surface area contributed by atoms with Gasteiger partial charge in [-0.05, 0) is 6.42 Å². The van der Waals surface area contributed by atoms with Crippen LogP contribution in [-0.4, -0.2) is 48.7 Å². The van der Waals surface area contributed by atoms with Crippen LogP contribution in [0.3, 0.4) is 0 Å². The number of carboxylic acids is 1. The number of hydrogen-bond donors (Lipinski definition) is 1. The molecule has 0 bridgehead atoms. The quantitative estimate of drug-likeness (QED) is 0.676. The third-order valence-electron chi connectivity index (χ3n) is 2.30. The second-order valence-corrected chi connectivity index (χ2v) is 3.82. The Bertz CT molecular complexity index is 230. The molecule has 94 valence electrons. The molecule has 0 aliphatic carbocycles. The lowest BCUT2D eigenvalue weighted by Crippen LogP contribution is -2.38. The Kier molecular flexibility index (Phi) is 7.54. The smallest absolute Gasteiger partial charge is 0.308 e. The first-order chi connectivity index (χ1) is 7.52. The Balaban J connectivity index is 4.29. The molecule has 0 rings (SSSR count). The summed E-state index contributed by atoms with van der Waals surface area (Å²) >= 11 is 0. The van der Waals surface area contributed by atoms with Crippen molar-refractivity contribution in [3.63, 3.8) is 0 Å². The molecule has 0 saturated heterocycles. The normalized spacial score (nSPS) is 12.2. The molecule has 1 amide bonds. The summed E-state index contributed by atoms with van der Waals surface area (Å²) in [5, 5.41) is 8.80. The van der Waals surface area contributed by atoms with Crippen LogP contribution in [-0.2, 0) is 14.3 Å². The molecule has 0 radical (unpaired) electrons. The Hall–Kier alpha value is -1.10. The second-order valence-electron chi connectivity index (χ2n) is 3.82. The highest BCUT2D eigenvalue weighted by atomic mass is 16.5. The van der Waals surface area contributed by atoms with E-state index in [-0.39, 0.29) is 12.5 Å². The molecule has 0 aromatic rings. The number of aliphatic carboxylic acids is 1. The molecule has 1 N–H and O–H groups in total. The van der Waals surface area contributed by atoms with Gasteiger partial charge in [0.15, 0.2) is 0 Å².